The maximum absolute atomic E-state index is 14.6. The van der Waals surface area contributed by atoms with Gasteiger partial charge in [0, 0.05) is 26.2 Å². The number of hydrogen-bond acceptors (Lipinski definition) is 5. The molecule has 2 aromatic heterocycles. The number of halogens is 1. The number of imidazole rings is 1. The van der Waals surface area contributed by atoms with Gasteiger partial charge in [-0.15, -0.1) is 0 Å². The quantitative estimate of drug-likeness (QED) is 0.723. The molecule has 4 rings (SSSR count). The lowest BCUT2D eigenvalue weighted by molar-refractivity contribution is 0.459. The highest BCUT2D eigenvalue weighted by Gasteiger charge is 2.24. The Morgan fingerprint density at radius 3 is 2.61 bits per heavy atom. The molecule has 148 valence electrons. The van der Waals surface area contributed by atoms with Crippen LogP contribution in [0.3, 0.4) is 0 Å². The van der Waals surface area contributed by atoms with Gasteiger partial charge in [0.05, 0.1) is 29.0 Å². The first-order chi connectivity index (χ1) is 13.3. The van der Waals surface area contributed by atoms with E-state index in [0.29, 0.717) is 43.1 Å². The minimum absolute atomic E-state index is 0.0778. The monoisotopic (exact) mass is 403 g/mol. The second kappa shape index (κ2) is 7.14. The van der Waals surface area contributed by atoms with Crippen molar-refractivity contribution in [3.63, 3.8) is 0 Å². The fourth-order valence-electron chi connectivity index (χ4n) is 3.69. The Morgan fingerprint density at radius 1 is 1.21 bits per heavy atom. The Bertz CT molecular complexity index is 1120. The van der Waals surface area contributed by atoms with Gasteiger partial charge in [0.2, 0.25) is 10.0 Å². The van der Waals surface area contributed by atoms with E-state index in [1.807, 2.05) is 40.8 Å². The van der Waals surface area contributed by atoms with Gasteiger partial charge in [0.25, 0.3) is 0 Å². The summed E-state index contributed by atoms with van der Waals surface area (Å²) in [5.74, 6) is 0.799. The SMILES string of the molecule is Cn1c(-c2cc(N3CCC(NS(C)(=O)=O)CC3)ncc2F)nc2ccccc21. The van der Waals surface area contributed by atoms with E-state index in [9.17, 15) is 12.8 Å². The van der Waals surface area contributed by atoms with Crippen molar-refractivity contribution in [2.75, 3.05) is 24.2 Å². The molecule has 0 unspecified atom stereocenters. The van der Waals surface area contributed by atoms with Crippen LogP contribution >= 0.6 is 0 Å². The number of nitrogens with zero attached hydrogens (tertiary/aromatic N) is 4. The molecule has 1 aromatic carbocycles. The van der Waals surface area contributed by atoms with E-state index in [1.165, 1.54) is 12.5 Å². The Balaban J connectivity index is 1.60. The predicted molar refractivity (Wildman–Crippen MR) is 107 cm³/mol. The lowest BCUT2D eigenvalue weighted by Crippen LogP contribution is -2.44. The second-order valence-electron chi connectivity index (χ2n) is 7.16. The molecular formula is C19H22FN5O2S. The summed E-state index contributed by atoms with van der Waals surface area (Å²) in [5, 5.41) is 0. The maximum Gasteiger partial charge on any atom is 0.208 e. The number of rotatable bonds is 4. The minimum atomic E-state index is -3.22. The van der Waals surface area contributed by atoms with E-state index in [4.69, 9.17) is 0 Å². The van der Waals surface area contributed by atoms with E-state index in [2.05, 4.69) is 14.7 Å². The molecule has 1 aliphatic rings. The van der Waals surface area contributed by atoms with Crippen molar-refractivity contribution in [3.8, 4) is 11.4 Å². The molecule has 1 N–H and O–H groups in total. The molecule has 0 spiro atoms. The number of benzene rings is 1. The molecule has 1 saturated heterocycles. The van der Waals surface area contributed by atoms with Crippen molar-refractivity contribution >= 4 is 26.9 Å². The number of aryl methyl sites for hydroxylation is 1. The third-order valence-electron chi connectivity index (χ3n) is 5.07. The standard InChI is InChI=1S/C19H22FN5O2S/c1-24-17-6-4-3-5-16(17)22-19(24)14-11-18(21-12-15(14)20)25-9-7-13(8-10-25)23-28(2,26)27/h3-6,11-13,23H,7-10H2,1-2H3. The van der Waals surface area contributed by atoms with E-state index >= 15 is 0 Å². The fourth-order valence-corrected chi connectivity index (χ4v) is 4.53. The number of pyridine rings is 1. The largest absolute Gasteiger partial charge is 0.356 e. The number of hydrogen-bond donors (Lipinski definition) is 1. The summed E-state index contributed by atoms with van der Waals surface area (Å²) in [4.78, 5) is 10.9. The van der Waals surface area contributed by atoms with Gasteiger partial charge in [0.15, 0.2) is 5.82 Å². The number of anilines is 1. The molecule has 1 fully saturated rings. The number of piperidine rings is 1. The summed E-state index contributed by atoms with van der Waals surface area (Å²) in [6.45, 7) is 1.29. The average Bonchev–Trinajstić information content (AvgIpc) is 2.99. The van der Waals surface area contributed by atoms with Crippen molar-refractivity contribution in [2.45, 2.75) is 18.9 Å². The van der Waals surface area contributed by atoms with Crippen LogP contribution in [-0.4, -0.2) is 48.3 Å². The summed E-state index contributed by atoms with van der Waals surface area (Å²) >= 11 is 0. The van der Waals surface area contributed by atoms with Crippen LogP contribution in [0.2, 0.25) is 0 Å². The first-order valence-corrected chi connectivity index (χ1v) is 11.0. The highest BCUT2D eigenvalue weighted by molar-refractivity contribution is 7.88. The van der Waals surface area contributed by atoms with Crippen LogP contribution in [0.15, 0.2) is 36.5 Å². The van der Waals surface area contributed by atoms with Gasteiger partial charge in [-0.05, 0) is 31.0 Å². The van der Waals surface area contributed by atoms with Gasteiger partial charge in [-0.25, -0.2) is 27.5 Å². The molecule has 3 aromatic rings. The molecule has 28 heavy (non-hydrogen) atoms. The number of nitrogens with one attached hydrogen (secondary N) is 1. The van der Waals surface area contributed by atoms with Crippen LogP contribution in [0.4, 0.5) is 10.2 Å². The highest BCUT2D eigenvalue weighted by Crippen LogP contribution is 2.29. The molecule has 0 bridgehead atoms. The van der Waals surface area contributed by atoms with Crippen molar-refractivity contribution in [1.82, 2.24) is 19.3 Å². The zero-order valence-electron chi connectivity index (χ0n) is 15.8. The Labute approximate surface area is 163 Å². The smallest absolute Gasteiger partial charge is 0.208 e. The third kappa shape index (κ3) is 3.72. The number of aromatic nitrogens is 3. The molecule has 9 heteroatoms. The zero-order chi connectivity index (χ0) is 19.9. The predicted octanol–water partition coefficient (Wildman–Crippen LogP) is 2.29. The van der Waals surface area contributed by atoms with Crippen molar-refractivity contribution < 1.29 is 12.8 Å². The number of fused-ring (bicyclic) bond motifs is 1. The van der Waals surface area contributed by atoms with E-state index in [0.717, 1.165) is 11.0 Å². The van der Waals surface area contributed by atoms with Gasteiger partial charge in [-0.3, -0.25) is 0 Å². The summed E-state index contributed by atoms with van der Waals surface area (Å²) in [7, 11) is -1.35. The summed E-state index contributed by atoms with van der Waals surface area (Å²) in [6, 6.07) is 9.33. The number of sulfonamides is 1. The van der Waals surface area contributed by atoms with Crippen LogP contribution < -0.4 is 9.62 Å². The van der Waals surface area contributed by atoms with Crippen LogP contribution in [0, 0.1) is 5.82 Å². The average molecular weight is 403 g/mol. The third-order valence-corrected chi connectivity index (χ3v) is 5.83. The molecule has 1 aliphatic heterocycles. The second-order valence-corrected chi connectivity index (χ2v) is 8.94. The summed E-state index contributed by atoms with van der Waals surface area (Å²) in [5.41, 5.74) is 2.15. The molecule has 0 radical (unpaired) electrons. The van der Waals surface area contributed by atoms with Crippen LogP contribution in [-0.2, 0) is 17.1 Å². The summed E-state index contributed by atoms with van der Waals surface area (Å²) < 4.78 is 41.9. The van der Waals surface area contributed by atoms with E-state index in [1.54, 1.807) is 6.07 Å². The van der Waals surface area contributed by atoms with Crippen molar-refractivity contribution in [2.24, 2.45) is 7.05 Å². The van der Waals surface area contributed by atoms with Crippen LogP contribution in [0.25, 0.3) is 22.4 Å². The van der Waals surface area contributed by atoms with E-state index in [-0.39, 0.29) is 6.04 Å². The Morgan fingerprint density at radius 2 is 1.93 bits per heavy atom. The molecule has 0 saturated carbocycles. The Kier molecular flexibility index (Phi) is 4.80. The van der Waals surface area contributed by atoms with Crippen molar-refractivity contribution in [1.29, 1.82) is 0 Å². The minimum Gasteiger partial charge on any atom is -0.356 e. The molecule has 3 heterocycles. The zero-order valence-corrected chi connectivity index (χ0v) is 16.6. The topological polar surface area (TPSA) is 80.1 Å². The summed E-state index contributed by atoms with van der Waals surface area (Å²) in [6.07, 6.45) is 3.75. The normalized spacial score (nSPS) is 16.0. The van der Waals surface area contributed by atoms with Crippen molar-refractivity contribution in [3.05, 3.63) is 42.3 Å². The van der Waals surface area contributed by atoms with Gasteiger partial charge in [-0.2, -0.15) is 0 Å². The molecule has 0 atom stereocenters. The molecule has 7 nitrogen and oxygen atoms in total. The molecule has 0 amide bonds. The first kappa shape index (κ1) is 18.8. The lowest BCUT2D eigenvalue weighted by Gasteiger charge is -2.32. The van der Waals surface area contributed by atoms with E-state index < -0.39 is 15.8 Å². The fraction of sp³-hybridized carbons (Fsp3) is 0.368. The first-order valence-electron chi connectivity index (χ1n) is 9.11. The van der Waals surface area contributed by atoms with Crippen LogP contribution in [0.1, 0.15) is 12.8 Å². The molecular weight excluding hydrogens is 381 g/mol. The van der Waals surface area contributed by atoms with Gasteiger partial charge < -0.3 is 9.47 Å². The number of para-hydroxylation sites is 2. The highest BCUT2D eigenvalue weighted by atomic mass is 32.2. The maximum atomic E-state index is 14.6. The Hall–Kier alpha value is -2.52. The van der Waals surface area contributed by atoms with Gasteiger partial charge in [-0.1, -0.05) is 12.1 Å². The van der Waals surface area contributed by atoms with Crippen LogP contribution in [0.5, 0.6) is 0 Å². The molecule has 0 aliphatic carbocycles. The lowest BCUT2D eigenvalue weighted by atomic mass is 10.1. The van der Waals surface area contributed by atoms with Gasteiger partial charge >= 0.3 is 0 Å². The van der Waals surface area contributed by atoms with Gasteiger partial charge in [0.1, 0.15) is 11.6 Å².